The third-order valence-corrected chi connectivity index (χ3v) is 6.00. The number of anilines is 1. The summed E-state index contributed by atoms with van der Waals surface area (Å²) in [6.45, 7) is 0. The van der Waals surface area contributed by atoms with E-state index < -0.39 is 5.97 Å². The van der Waals surface area contributed by atoms with Gasteiger partial charge in [-0.05, 0) is 27.8 Å². The van der Waals surface area contributed by atoms with Gasteiger partial charge in [0.25, 0.3) is 0 Å². The van der Waals surface area contributed by atoms with E-state index in [4.69, 9.17) is 5.73 Å². The van der Waals surface area contributed by atoms with Crippen LogP contribution in [0.1, 0.15) is 10.4 Å². The molecular weight excluding hydrogens is 418 g/mol. The van der Waals surface area contributed by atoms with E-state index in [9.17, 15) is 9.90 Å². The summed E-state index contributed by atoms with van der Waals surface area (Å²) >= 11 is 0. The van der Waals surface area contributed by atoms with E-state index in [1.54, 1.807) is 0 Å². The molecular formula is C31H23NO2. The Hall–Kier alpha value is -4.63. The van der Waals surface area contributed by atoms with Crippen molar-refractivity contribution < 1.29 is 9.90 Å². The average Bonchev–Trinajstić information content (AvgIpc) is 2.89. The van der Waals surface area contributed by atoms with E-state index in [-0.39, 0.29) is 11.3 Å². The summed E-state index contributed by atoms with van der Waals surface area (Å²) in [5, 5.41) is 10.4. The second-order valence-electron chi connectivity index (χ2n) is 8.06. The third-order valence-electron chi connectivity index (χ3n) is 6.00. The Bertz CT molecular complexity index is 1450. The molecule has 0 aliphatic carbocycles. The number of benzene rings is 5. The zero-order valence-electron chi connectivity index (χ0n) is 18.5. The molecule has 0 bridgehead atoms. The molecule has 0 aliphatic heterocycles. The van der Waals surface area contributed by atoms with E-state index in [1.807, 2.05) is 121 Å². The van der Waals surface area contributed by atoms with Crippen LogP contribution in [0.3, 0.4) is 0 Å². The Kier molecular flexibility index (Phi) is 5.67. The van der Waals surface area contributed by atoms with Crippen molar-refractivity contribution in [2.45, 2.75) is 0 Å². The molecule has 0 fully saturated rings. The lowest BCUT2D eigenvalue weighted by atomic mass is 9.79. The second-order valence-corrected chi connectivity index (χ2v) is 8.06. The van der Waals surface area contributed by atoms with E-state index in [0.717, 1.165) is 38.9 Å². The van der Waals surface area contributed by atoms with Crippen molar-refractivity contribution in [1.82, 2.24) is 0 Å². The number of rotatable bonds is 5. The van der Waals surface area contributed by atoms with Crippen LogP contribution < -0.4 is 5.73 Å². The van der Waals surface area contributed by atoms with Crippen LogP contribution in [0.2, 0.25) is 0 Å². The van der Waals surface area contributed by atoms with Crippen LogP contribution in [0.4, 0.5) is 5.69 Å². The van der Waals surface area contributed by atoms with E-state index in [0.29, 0.717) is 5.56 Å². The molecule has 0 aromatic heterocycles. The first-order chi connectivity index (χ1) is 16.7. The zero-order chi connectivity index (χ0) is 23.5. The van der Waals surface area contributed by atoms with Gasteiger partial charge in [-0.3, -0.25) is 0 Å². The smallest absolute Gasteiger partial charge is 0.338 e. The number of nitrogen functional groups attached to an aromatic ring is 1. The van der Waals surface area contributed by atoms with Crippen molar-refractivity contribution in [3.05, 3.63) is 127 Å². The predicted octanol–water partition coefficient (Wildman–Crippen LogP) is 7.64. The zero-order valence-corrected chi connectivity index (χ0v) is 18.5. The Labute approximate surface area is 198 Å². The fraction of sp³-hybridized carbons (Fsp3) is 0. The number of hydrogen-bond donors (Lipinski definition) is 2. The summed E-state index contributed by atoms with van der Waals surface area (Å²) in [7, 11) is 0. The van der Waals surface area contributed by atoms with Gasteiger partial charge in [0, 0.05) is 16.7 Å². The highest BCUT2D eigenvalue weighted by atomic mass is 16.4. The van der Waals surface area contributed by atoms with Gasteiger partial charge in [-0.1, -0.05) is 121 Å². The first-order valence-corrected chi connectivity index (χ1v) is 11.1. The largest absolute Gasteiger partial charge is 0.478 e. The van der Waals surface area contributed by atoms with Crippen LogP contribution in [0, 0.1) is 0 Å². The lowest BCUT2D eigenvalue weighted by molar-refractivity contribution is 0.0699. The molecule has 5 aromatic rings. The van der Waals surface area contributed by atoms with Crippen LogP contribution in [0.15, 0.2) is 121 Å². The summed E-state index contributed by atoms with van der Waals surface area (Å²) in [5.74, 6) is -1.05. The summed E-state index contributed by atoms with van der Waals surface area (Å²) in [6, 6.07) is 39.4. The van der Waals surface area contributed by atoms with Gasteiger partial charge in [0.15, 0.2) is 0 Å². The highest BCUT2D eigenvalue weighted by molar-refractivity contribution is 6.15. The summed E-state index contributed by atoms with van der Waals surface area (Å²) in [4.78, 5) is 12.8. The van der Waals surface area contributed by atoms with Crippen molar-refractivity contribution in [3.63, 3.8) is 0 Å². The van der Waals surface area contributed by atoms with Crippen molar-refractivity contribution in [2.24, 2.45) is 0 Å². The van der Waals surface area contributed by atoms with Crippen molar-refractivity contribution in [1.29, 1.82) is 0 Å². The Morgan fingerprint density at radius 1 is 0.471 bits per heavy atom. The molecule has 5 rings (SSSR count). The minimum absolute atomic E-state index is 0.114. The van der Waals surface area contributed by atoms with Gasteiger partial charge in [-0.2, -0.15) is 0 Å². The topological polar surface area (TPSA) is 63.3 Å². The normalized spacial score (nSPS) is 10.7. The van der Waals surface area contributed by atoms with Crippen LogP contribution >= 0.6 is 0 Å². The molecule has 3 N–H and O–H groups in total. The van der Waals surface area contributed by atoms with Crippen LogP contribution in [0.25, 0.3) is 44.5 Å². The highest BCUT2D eigenvalue weighted by Gasteiger charge is 2.29. The molecule has 3 nitrogen and oxygen atoms in total. The fourth-order valence-corrected chi connectivity index (χ4v) is 4.58. The van der Waals surface area contributed by atoms with Gasteiger partial charge in [0.05, 0.1) is 11.3 Å². The predicted molar refractivity (Wildman–Crippen MR) is 140 cm³/mol. The van der Waals surface area contributed by atoms with Gasteiger partial charge in [0.2, 0.25) is 0 Å². The number of carbonyl (C=O) groups is 1. The molecule has 0 aliphatic rings. The van der Waals surface area contributed by atoms with Crippen molar-refractivity contribution in [3.8, 4) is 44.5 Å². The van der Waals surface area contributed by atoms with Gasteiger partial charge in [-0.25, -0.2) is 4.79 Å². The Balaban J connectivity index is 2.06. The maximum absolute atomic E-state index is 12.8. The van der Waals surface area contributed by atoms with Gasteiger partial charge in [-0.15, -0.1) is 0 Å². The Morgan fingerprint density at radius 2 is 0.765 bits per heavy atom. The summed E-state index contributed by atoms with van der Waals surface area (Å²) in [6.07, 6.45) is 0. The molecule has 164 valence electrons. The number of carboxylic acid groups (broad SMARTS) is 1. The van der Waals surface area contributed by atoms with Crippen LogP contribution in [0.5, 0.6) is 0 Å². The molecule has 34 heavy (non-hydrogen) atoms. The number of nitrogens with two attached hydrogens (primary N) is 1. The molecule has 0 atom stereocenters. The summed E-state index contributed by atoms with van der Waals surface area (Å²) < 4.78 is 0. The average molecular weight is 442 g/mol. The quantitative estimate of drug-likeness (QED) is 0.276. The lowest BCUT2D eigenvalue weighted by Crippen LogP contribution is -2.10. The molecule has 0 radical (unpaired) electrons. The molecule has 0 saturated heterocycles. The van der Waals surface area contributed by atoms with Gasteiger partial charge < -0.3 is 10.8 Å². The molecule has 0 unspecified atom stereocenters. The first kappa shape index (κ1) is 21.2. The number of aromatic carboxylic acids is 1. The van der Waals surface area contributed by atoms with Crippen LogP contribution in [-0.4, -0.2) is 11.1 Å². The van der Waals surface area contributed by atoms with Gasteiger partial charge >= 0.3 is 5.97 Å². The maximum atomic E-state index is 12.8. The lowest BCUT2D eigenvalue weighted by Gasteiger charge is -2.25. The Morgan fingerprint density at radius 3 is 1.12 bits per heavy atom. The van der Waals surface area contributed by atoms with Crippen molar-refractivity contribution >= 4 is 11.7 Å². The minimum atomic E-state index is -1.05. The van der Waals surface area contributed by atoms with E-state index in [2.05, 4.69) is 0 Å². The highest BCUT2D eigenvalue weighted by Crippen LogP contribution is 2.50. The summed E-state index contributed by atoms with van der Waals surface area (Å²) in [5.41, 5.74) is 13.8. The SMILES string of the molecule is Nc1c(C(=O)O)c(-c2ccccc2)c(-c2ccccc2)c(-c2ccccc2)c1-c1ccccc1. The molecule has 0 saturated carbocycles. The second kappa shape index (κ2) is 9.08. The van der Waals surface area contributed by atoms with Gasteiger partial charge in [0.1, 0.15) is 0 Å². The van der Waals surface area contributed by atoms with Crippen LogP contribution in [-0.2, 0) is 0 Å². The number of carboxylic acids is 1. The maximum Gasteiger partial charge on any atom is 0.338 e. The van der Waals surface area contributed by atoms with E-state index in [1.165, 1.54) is 0 Å². The van der Waals surface area contributed by atoms with E-state index >= 15 is 0 Å². The molecule has 3 heteroatoms. The molecule has 0 amide bonds. The first-order valence-electron chi connectivity index (χ1n) is 11.1. The number of hydrogen-bond acceptors (Lipinski definition) is 2. The fourth-order valence-electron chi connectivity index (χ4n) is 4.58. The monoisotopic (exact) mass is 441 g/mol. The minimum Gasteiger partial charge on any atom is -0.478 e. The standard InChI is InChI=1S/C31H23NO2/c32-30-28(24-19-11-4-12-20-24)26(22-15-7-2-8-16-22)25(21-13-5-1-6-14-21)27(29(30)31(33)34)23-17-9-3-10-18-23/h1-20H,32H2,(H,33,34). The molecule has 0 spiro atoms. The van der Waals surface area contributed by atoms with Crippen molar-refractivity contribution in [2.75, 3.05) is 5.73 Å². The third kappa shape index (κ3) is 3.74. The molecule has 5 aromatic carbocycles. The molecule has 0 heterocycles.